The summed E-state index contributed by atoms with van der Waals surface area (Å²) in [6, 6.07) is 9.99. The third-order valence-electron chi connectivity index (χ3n) is 6.46. The van der Waals surface area contributed by atoms with E-state index in [1.54, 1.807) is 13.2 Å². The Labute approximate surface area is 234 Å². The van der Waals surface area contributed by atoms with Gasteiger partial charge in [-0.2, -0.15) is 13.2 Å². The molecule has 1 saturated heterocycles. The maximum absolute atomic E-state index is 13.0. The van der Waals surface area contributed by atoms with Gasteiger partial charge in [0.25, 0.3) is 5.91 Å². The molecule has 1 N–H and O–H groups in total. The second-order valence-corrected chi connectivity index (χ2v) is 11.0. The minimum absolute atomic E-state index is 0.0198. The van der Waals surface area contributed by atoms with E-state index in [1.807, 2.05) is 18.2 Å². The Balaban J connectivity index is 1.32. The topological polar surface area (TPSA) is 67.9 Å². The van der Waals surface area contributed by atoms with E-state index >= 15 is 0 Å². The number of anilines is 1. The van der Waals surface area contributed by atoms with Crippen molar-refractivity contribution >= 4 is 51.9 Å². The van der Waals surface area contributed by atoms with Crippen LogP contribution in [0, 0.1) is 0 Å². The SMILES string of the molecule is COc1cc(/C=C2\SC(=S)N(CCCC(=O)Nc3cccc(C(F)(F)F)c3)C2=O)ccc1OC1CCCCC1. The van der Waals surface area contributed by atoms with Crippen LogP contribution in [0.4, 0.5) is 18.9 Å². The van der Waals surface area contributed by atoms with Gasteiger partial charge in [-0.15, -0.1) is 0 Å². The zero-order valence-electron chi connectivity index (χ0n) is 21.4. The number of methoxy groups -OCH3 is 1. The monoisotopic (exact) mass is 578 g/mol. The first kappa shape index (κ1) is 28.9. The fraction of sp³-hybridized carbons (Fsp3) is 0.393. The molecule has 0 unspecified atom stereocenters. The summed E-state index contributed by atoms with van der Waals surface area (Å²) in [6.07, 6.45) is 3.36. The van der Waals surface area contributed by atoms with E-state index < -0.39 is 17.6 Å². The number of thiocarbonyl (C=S) groups is 1. The molecule has 0 bridgehead atoms. The molecule has 6 nitrogen and oxygen atoms in total. The lowest BCUT2D eigenvalue weighted by atomic mass is 9.98. The van der Waals surface area contributed by atoms with Crippen molar-refractivity contribution in [1.82, 2.24) is 4.90 Å². The van der Waals surface area contributed by atoms with Gasteiger partial charge in [0, 0.05) is 18.7 Å². The van der Waals surface area contributed by atoms with E-state index in [0.29, 0.717) is 27.1 Å². The van der Waals surface area contributed by atoms with Gasteiger partial charge in [0.15, 0.2) is 11.5 Å². The minimum Gasteiger partial charge on any atom is -0.493 e. The minimum atomic E-state index is -4.49. The predicted molar refractivity (Wildman–Crippen MR) is 150 cm³/mol. The Bertz CT molecular complexity index is 1260. The highest BCUT2D eigenvalue weighted by molar-refractivity contribution is 8.26. The smallest absolute Gasteiger partial charge is 0.416 e. The molecular formula is C28H29F3N2O4S2. The van der Waals surface area contributed by atoms with Crippen LogP contribution in [0.25, 0.3) is 6.08 Å². The molecule has 0 spiro atoms. The lowest BCUT2D eigenvalue weighted by Crippen LogP contribution is -2.29. The molecule has 2 aromatic rings. The van der Waals surface area contributed by atoms with Crippen LogP contribution in [-0.2, 0) is 15.8 Å². The van der Waals surface area contributed by atoms with E-state index in [0.717, 1.165) is 43.4 Å². The highest BCUT2D eigenvalue weighted by Crippen LogP contribution is 2.36. The molecule has 2 aromatic carbocycles. The maximum Gasteiger partial charge on any atom is 0.416 e. The number of carbonyl (C=O) groups excluding carboxylic acids is 2. The average molecular weight is 579 g/mol. The van der Waals surface area contributed by atoms with Crippen LogP contribution in [0.2, 0.25) is 0 Å². The first-order valence-corrected chi connectivity index (χ1v) is 13.9. The van der Waals surface area contributed by atoms with Gasteiger partial charge in [0.1, 0.15) is 4.32 Å². The highest BCUT2D eigenvalue weighted by Gasteiger charge is 2.32. The van der Waals surface area contributed by atoms with Gasteiger partial charge < -0.3 is 14.8 Å². The number of amides is 2. The van der Waals surface area contributed by atoms with Gasteiger partial charge in [-0.3, -0.25) is 14.5 Å². The Hall–Kier alpha value is -3.05. The summed E-state index contributed by atoms with van der Waals surface area (Å²) in [7, 11) is 1.58. The Morgan fingerprint density at radius 1 is 1.15 bits per heavy atom. The number of hydrogen-bond donors (Lipinski definition) is 1. The van der Waals surface area contributed by atoms with Gasteiger partial charge in [0.2, 0.25) is 5.91 Å². The number of thioether (sulfide) groups is 1. The molecule has 0 aromatic heterocycles. The summed E-state index contributed by atoms with van der Waals surface area (Å²) in [5.74, 6) is 0.566. The number of nitrogens with zero attached hydrogens (tertiary/aromatic N) is 1. The molecule has 2 aliphatic rings. The quantitative estimate of drug-likeness (QED) is 0.254. The van der Waals surface area contributed by atoms with Crippen LogP contribution in [0.15, 0.2) is 47.4 Å². The summed E-state index contributed by atoms with van der Waals surface area (Å²) in [6.45, 7) is 0.218. The van der Waals surface area contributed by atoms with Gasteiger partial charge in [0.05, 0.1) is 23.7 Å². The fourth-order valence-corrected chi connectivity index (χ4v) is 5.78. The normalized spacial score (nSPS) is 17.5. The third-order valence-corrected chi connectivity index (χ3v) is 7.84. The van der Waals surface area contributed by atoms with Crippen molar-refractivity contribution in [2.24, 2.45) is 0 Å². The first-order chi connectivity index (χ1) is 18.6. The van der Waals surface area contributed by atoms with E-state index in [1.165, 1.54) is 35.2 Å². The summed E-state index contributed by atoms with van der Waals surface area (Å²) in [5, 5.41) is 2.47. The summed E-state index contributed by atoms with van der Waals surface area (Å²) in [5.41, 5.74) is -0.00794. The van der Waals surface area contributed by atoms with Crippen LogP contribution < -0.4 is 14.8 Å². The molecule has 1 aliphatic carbocycles. The number of halogens is 3. The third kappa shape index (κ3) is 7.76. The van der Waals surface area contributed by atoms with Gasteiger partial charge in [-0.1, -0.05) is 42.5 Å². The van der Waals surface area contributed by atoms with E-state index in [2.05, 4.69) is 5.32 Å². The average Bonchev–Trinajstić information content (AvgIpc) is 3.17. The molecule has 2 fully saturated rings. The highest BCUT2D eigenvalue weighted by atomic mass is 32.2. The standard InChI is InChI=1S/C28H29F3N2O4S2/c1-36-23-15-18(12-13-22(23)37-21-9-3-2-4-10-21)16-24-26(35)33(27(38)39-24)14-6-11-25(34)32-20-8-5-7-19(17-20)28(29,30)31/h5,7-8,12-13,15-17,21H,2-4,6,9-11,14H2,1H3,(H,32,34)/b24-16-. The molecule has 0 radical (unpaired) electrons. The molecule has 208 valence electrons. The largest absolute Gasteiger partial charge is 0.493 e. The van der Waals surface area contributed by atoms with Crippen molar-refractivity contribution < 1.29 is 32.2 Å². The first-order valence-electron chi connectivity index (χ1n) is 12.7. The molecule has 11 heteroatoms. The van der Waals surface area contributed by atoms with E-state index in [9.17, 15) is 22.8 Å². The number of carbonyl (C=O) groups is 2. The number of nitrogens with one attached hydrogen (secondary N) is 1. The molecule has 1 saturated carbocycles. The van der Waals surface area contributed by atoms with Crippen LogP contribution in [0.1, 0.15) is 56.1 Å². The van der Waals surface area contributed by atoms with Crippen LogP contribution in [0.3, 0.4) is 0 Å². The lowest BCUT2D eigenvalue weighted by molar-refractivity contribution is -0.137. The molecule has 0 atom stereocenters. The summed E-state index contributed by atoms with van der Waals surface area (Å²) < 4.78 is 50.7. The van der Waals surface area contributed by atoms with Crippen molar-refractivity contribution in [2.75, 3.05) is 19.0 Å². The van der Waals surface area contributed by atoms with Crippen LogP contribution in [0.5, 0.6) is 11.5 Å². The Kier molecular flexibility index (Phi) is 9.55. The molecule has 1 heterocycles. The Morgan fingerprint density at radius 2 is 1.92 bits per heavy atom. The van der Waals surface area contributed by atoms with Gasteiger partial charge >= 0.3 is 6.18 Å². The Morgan fingerprint density at radius 3 is 2.64 bits per heavy atom. The molecule has 2 amide bonds. The maximum atomic E-state index is 13.0. The van der Waals surface area contributed by atoms with Crippen LogP contribution in [-0.4, -0.2) is 40.8 Å². The van der Waals surface area contributed by atoms with Crippen LogP contribution >= 0.6 is 24.0 Å². The van der Waals surface area contributed by atoms with E-state index in [-0.39, 0.29) is 30.7 Å². The second kappa shape index (κ2) is 12.9. The van der Waals surface area contributed by atoms with Crippen molar-refractivity contribution in [1.29, 1.82) is 0 Å². The van der Waals surface area contributed by atoms with Gasteiger partial charge in [-0.05, 0) is 74.1 Å². The number of benzene rings is 2. The van der Waals surface area contributed by atoms with Gasteiger partial charge in [-0.25, -0.2) is 0 Å². The molecule has 4 rings (SSSR count). The zero-order chi connectivity index (χ0) is 28.0. The molecule has 39 heavy (non-hydrogen) atoms. The summed E-state index contributed by atoms with van der Waals surface area (Å²) in [4.78, 5) is 27.1. The number of hydrogen-bond acceptors (Lipinski definition) is 6. The molecular weight excluding hydrogens is 549 g/mol. The van der Waals surface area contributed by atoms with Crippen molar-refractivity contribution in [3.63, 3.8) is 0 Å². The van der Waals surface area contributed by atoms with Crippen molar-refractivity contribution in [3.05, 3.63) is 58.5 Å². The fourth-order valence-electron chi connectivity index (χ4n) is 4.47. The number of ether oxygens (including phenoxy) is 2. The lowest BCUT2D eigenvalue weighted by Gasteiger charge is -2.24. The van der Waals surface area contributed by atoms with Crippen molar-refractivity contribution in [3.8, 4) is 11.5 Å². The predicted octanol–water partition coefficient (Wildman–Crippen LogP) is 7.05. The summed E-state index contributed by atoms with van der Waals surface area (Å²) >= 11 is 6.56. The van der Waals surface area contributed by atoms with E-state index in [4.69, 9.17) is 21.7 Å². The second-order valence-electron chi connectivity index (χ2n) is 9.35. The number of rotatable bonds is 9. The van der Waals surface area contributed by atoms with Crippen molar-refractivity contribution in [2.45, 2.75) is 57.2 Å². The molecule has 1 aliphatic heterocycles. The number of alkyl halides is 3. The zero-order valence-corrected chi connectivity index (χ0v) is 23.0.